The largest absolute Gasteiger partial charge is 0.494 e. The molecule has 1 amide bonds. The average Bonchev–Trinajstić information content (AvgIpc) is 2.67. The number of hydrogen-bond donors (Lipinski definition) is 0. The normalized spacial score (nSPS) is 22.0. The number of likely N-dealkylation sites (tertiary alicyclic amines) is 2. The maximum absolute atomic E-state index is 13.1. The number of rotatable bonds is 6. The summed E-state index contributed by atoms with van der Waals surface area (Å²) in [5.74, 6) is 0.958. The van der Waals surface area contributed by atoms with E-state index in [2.05, 4.69) is 9.80 Å². The van der Waals surface area contributed by atoms with Gasteiger partial charge in [0.05, 0.1) is 6.61 Å². The van der Waals surface area contributed by atoms with Gasteiger partial charge in [0.1, 0.15) is 5.75 Å². The van der Waals surface area contributed by atoms with Crippen LogP contribution in [-0.4, -0.2) is 54.5 Å². The van der Waals surface area contributed by atoms with Crippen molar-refractivity contribution < 1.29 is 9.53 Å². The zero-order valence-electron chi connectivity index (χ0n) is 15.6. The summed E-state index contributed by atoms with van der Waals surface area (Å²) >= 11 is 0. The molecular formula is C21H32N2O2. The van der Waals surface area contributed by atoms with Crippen molar-refractivity contribution in [3.05, 3.63) is 29.8 Å². The molecule has 0 N–H and O–H groups in total. The quantitative estimate of drug-likeness (QED) is 0.783. The van der Waals surface area contributed by atoms with Gasteiger partial charge in [0.15, 0.2) is 0 Å². The molecule has 2 heterocycles. The van der Waals surface area contributed by atoms with Crippen LogP contribution in [0.4, 0.5) is 0 Å². The smallest absolute Gasteiger partial charge is 0.254 e. The molecule has 3 rings (SSSR count). The Bertz CT molecular complexity index is 555. The molecule has 1 atom stereocenters. The fraction of sp³-hybridized carbons (Fsp3) is 0.667. The summed E-state index contributed by atoms with van der Waals surface area (Å²) in [6, 6.07) is 8.04. The van der Waals surface area contributed by atoms with Gasteiger partial charge in [0, 0.05) is 24.7 Å². The van der Waals surface area contributed by atoms with Crippen molar-refractivity contribution in [3.63, 3.8) is 0 Å². The molecule has 0 saturated carbocycles. The molecule has 4 nitrogen and oxygen atoms in total. The highest BCUT2D eigenvalue weighted by Gasteiger charge is 2.28. The van der Waals surface area contributed by atoms with Crippen LogP contribution < -0.4 is 4.74 Å². The van der Waals surface area contributed by atoms with Gasteiger partial charge in [-0.2, -0.15) is 0 Å². The third kappa shape index (κ3) is 4.97. The first-order valence-electron chi connectivity index (χ1n) is 10.0. The van der Waals surface area contributed by atoms with E-state index in [1.54, 1.807) is 0 Å². The molecular weight excluding hydrogens is 312 g/mol. The lowest BCUT2D eigenvalue weighted by Crippen LogP contribution is -2.45. The van der Waals surface area contributed by atoms with Gasteiger partial charge in [-0.05, 0) is 76.7 Å². The number of carbonyl (C=O) groups is 1. The Morgan fingerprint density at radius 2 is 1.92 bits per heavy atom. The Morgan fingerprint density at radius 1 is 1.12 bits per heavy atom. The van der Waals surface area contributed by atoms with E-state index in [0.717, 1.165) is 43.7 Å². The molecule has 4 heteroatoms. The monoisotopic (exact) mass is 344 g/mol. The van der Waals surface area contributed by atoms with Crippen LogP contribution in [0.15, 0.2) is 24.3 Å². The second-order valence-corrected chi connectivity index (χ2v) is 7.30. The Balaban J connectivity index is 1.63. The number of hydrogen-bond acceptors (Lipinski definition) is 3. The van der Waals surface area contributed by atoms with Crippen LogP contribution in [-0.2, 0) is 0 Å². The van der Waals surface area contributed by atoms with Crippen molar-refractivity contribution in [3.8, 4) is 5.75 Å². The van der Waals surface area contributed by atoms with Gasteiger partial charge < -0.3 is 14.5 Å². The second-order valence-electron chi connectivity index (χ2n) is 7.30. The molecule has 2 saturated heterocycles. The summed E-state index contributed by atoms with van der Waals surface area (Å²) in [6.07, 6.45) is 8.65. The zero-order valence-corrected chi connectivity index (χ0v) is 15.6. The van der Waals surface area contributed by atoms with Gasteiger partial charge in [-0.15, -0.1) is 0 Å². The summed E-state index contributed by atoms with van der Waals surface area (Å²) < 4.78 is 5.56. The van der Waals surface area contributed by atoms with Gasteiger partial charge in [-0.3, -0.25) is 4.79 Å². The minimum absolute atomic E-state index is 0.171. The predicted molar refractivity (Wildman–Crippen MR) is 101 cm³/mol. The van der Waals surface area contributed by atoms with Crippen LogP contribution in [0.1, 0.15) is 62.2 Å². The van der Waals surface area contributed by atoms with Gasteiger partial charge >= 0.3 is 0 Å². The lowest BCUT2D eigenvalue weighted by Gasteiger charge is -2.37. The van der Waals surface area contributed by atoms with E-state index in [1.165, 1.54) is 38.8 Å². The minimum Gasteiger partial charge on any atom is -0.494 e. The van der Waals surface area contributed by atoms with Crippen molar-refractivity contribution in [1.29, 1.82) is 0 Å². The van der Waals surface area contributed by atoms with Crippen molar-refractivity contribution in [1.82, 2.24) is 9.80 Å². The van der Waals surface area contributed by atoms with E-state index < -0.39 is 0 Å². The van der Waals surface area contributed by atoms with E-state index in [9.17, 15) is 4.79 Å². The summed E-state index contributed by atoms with van der Waals surface area (Å²) in [4.78, 5) is 17.8. The molecule has 0 aromatic heterocycles. The molecule has 0 bridgehead atoms. The van der Waals surface area contributed by atoms with Crippen LogP contribution in [0.25, 0.3) is 0 Å². The van der Waals surface area contributed by atoms with E-state index in [0.29, 0.717) is 12.6 Å². The van der Waals surface area contributed by atoms with Gasteiger partial charge in [0.2, 0.25) is 0 Å². The third-order valence-corrected chi connectivity index (χ3v) is 5.51. The Kier molecular flexibility index (Phi) is 6.74. The lowest BCUT2D eigenvalue weighted by molar-refractivity contribution is 0.0579. The summed E-state index contributed by atoms with van der Waals surface area (Å²) in [7, 11) is 0. The number of benzene rings is 1. The molecule has 2 aliphatic rings. The van der Waals surface area contributed by atoms with E-state index in [-0.39, 0.29) is 5.91 Å². The van der Waals surface area contributed by atoms with Gasteiger partial charge in [-0.25, -0.2) is 0 Å². The lowest BCUT2D eigenvalue weighted by atomic mass is 9.97. The highest BCUT2D eigenvalue weighted by atomic mass is 16.5. The van der Waals surface area contributed by atoms with Crippen LogP contribution in [0.2, 0.25) is 0 Å². The molecule has 1 unspecified atom stereocenters. The molecule has 2 aliphatic heterocycles. The Labute approximate surface area is 152 Å². The number of ether oxygens (including phenoxy) is 1. The maximum Gasteiger partial charge on any atom is 0.254 e. The first-order chi connectivity index (χ1) is 12.3. The molecule has 0 radical (unpaired) electrons. The van der Waals surface area contributed by atoms with Crippen molar-refractivity contribution in [2.45, 2.75) is 57.9 Å². The van der Waals surface area contributed by atoms with E-state index >= 15 is 0 Å². The number of nitrogens with zero attached hydrogens (tertiary/aromatic N) is 2. The number of carbonyl (C=O) groups excluding carboxylic acids is 1. The number of piperidine rings is 2. The van der Waals surface area contributed by atoms with Gasteiger partial charge in [-0.1, -0.05) is 12.5 Å². The van der Waals surface area contributed by atoms with Crippen LogP contribution in [0, 0.1) is 0 Å². The molecule has 138 valence electrons. The van der Waals surface area contributed by atoms with Crippen molar-refractivity contribution in [2.24, 2.45) is 0 Å². The SMILES string of the molecule is CCOc1cccc(C(=O)N2CCCCC2CCN2CCCCC2)c1. The second kappa shape index (κ2) is 9.23. The highest BCUT2D eigenvalue weighted by Crippen LogP contribution is 2.24. The molecule has 2 fully saturated rings. The summed E-state index contributed by atoms with van der Waals surface area (Å²) in [5.41, 5.74) is 0.760. The van der Waals surface area contributed by atoms with Crippen LogP contribution in [0.5, 0.6) is 5.75 Å². The van der Waals surface area contributed by atoms with Crippen molar-refractivity contribution >= 4 is 5.91 Å². The molecule has 1 aromatic rings. The fourth-order valence-corrected chi connectivity index (χ4v) is 4.13. The van der Waals surface area contributed by atoms with Crippen LogP contribution >= 0.6 is 0 Å². The average molecular weight is 344 g/mol. The molecule has 25 heavy (non-hydrogen) atoms. The van der Waals surface area contributed by atoms with E-state index in [4.69, 9.17) is 4.74 Å². The standard InChI is InChI=1S/C21H32N2O2/c1-2-25-20-11-8-9-18(17-20)21(24)23-15-7-4-10-19(23)12-16-22-13-5-3-6-14-22/h8-9,11,17,19H,2-7,10,12-16H2,1H3. The minimum atomic E-state index is 0.171. The zero-order chi connectivity index (χ0) is 17.5. The molecule has 0 spiro atoms. The Morgan fingerprint density at radius 3 is 2.72 bits per heavy atom. The number of amides is 1. The first-order valence-corrected chi connectivity index (χ1v) is 10.0. The van der Waals surface area contributed by atoms with Crippen molar-refractivity contribution in [2.75, 3.05) is 32.8 Å². The first kappa shape index (κ1) is 18.2. The summed E-state index contributed by atoms with van der Waals surface area (Å²) in [5, 5.41) is 0. The summed E-state index contributed by atoms with van der Waals surface area (Å²) in [6.45, 7) is 7.08. The highest BCUT2D eigenvalue weighted by molar-refractivity contribution is 5.94. The third-order valence-electron chi connectivity index (χ3n) is 5.51. The molecule has 1 aromatic carbocycles. The predicted octanol–water partition coefficient (Wildman–Crippen LogP) is 3.96. The fourth-order valence-electron chi connectivity index (χ4n) is 4.13. The molecule has 0 aliphatic carbocycles. The Hall–Kier alpha value is -1.55. The maximum atomic E-state index is 13.1. The topological polar surface area (TPSA) is 32.8 Å². The van der Waals surface area contributed by atoms with Crippen LogP contribution in [0.3, 0.4) is 0 Å². The van der Waals surface area contributed by atoms with E-state index in [1.807, 2.05) is 31.2 Å². The van der Waals surface area contributed by atoms with Gasteiger partial charge in [0.25, 0.3) is 5.91 Å².